The standard InChI is InChI=1S/C27H42N2O5S/c1-6-7-8-12-22-19-24(30)23(14-13-21(4)11-9-10-20(2)3)26(31)25(22)27(32)28-15-17-29(18-16-28)35(5,33)34/h10,13,19,30-31H,6-9,11-12,14-18H2,1-5H3/b21-13+. The maximum absolute atomic E-state index is 13.5. The number of carbonyl (C=O) groups is 1. The van der Waals surface area contributed by atoms with Crippen molar-refractivity contribution >= 4 is 15.9 Å². The third-order valence-electron chi connectivity index (χ3n) is 6.47. The largest absolute Gasteiger partial charge is 0.508 e. The SMILES string of the molecule is CCCCCc1cc(O)c(C/C=C(\C)CCC=C(C)C)c(O)c1C(=O)N1CCN(S(C)(=O)=O)CC1. The van der Waals surface area contributed by atoms with Crippen LogP contribution in [-0.2, 0) is 22.9 Å². The van der Waals surface area contributed by atoms with E-state index in [2.05, 4.69) is 26.8 Å². The number of allylic oxidation sites excluding steroid dienone is 4. The van der Waals surface area contributed by atoms with Crippen molar-refractivity contribution in [1.29, 1.82) is 0 Å². The highest BCUT2D eigenvalue weighted by atomic mass is 32.2. The highest BCUT2D eigenvalue weighted by Crippen LogP contribution is 2.36. The number of sulfonamides is 1. The van der Waals surface area contributed by atoms with Crippen molar-refractivity contribution < 1.29 is 23.4 Å². The lowest BCUT2D eigenvalue weighted by atomic mass is 9.93. The molecular formula is C27H42N2O5S. The molecule has 0 saturated carbocycles. The van der Waals surface area contributed by atoms with Crippen LogP contribution >= 0.6 is 0 Å². The van der Waals surface area contributed by atoms with Crippen LogP contribution in [0.15, 0.2) is 29.4 Å². The molecule has 1 heterocycles. The van der Waals surface area contributed by atoms with Crippen LogP contribution in [0.4, 0.5) is 0 Å². The van der Waals surface area contributed by atoms with E-state index in [1.807, 2.05) is 13.0 Å². The molecule has 0 spiro atoms. The average molecular weight is 507 g/mol. The minimum atomic E-state index is -3.31. The number of aromatic hydroxyl groups is 2. The predicted octanol–water partition coefficient (Wildman–Crippen LogP) is 4.78. The normalized spacial score (nSPS) is 15.3. The zero-order valence-electron chi connectivity index (χ0n) is 21.9. The molecule has 1 aromatic carbocycles. The van der Waals surface area contributed by atoms with Gasteiger partial charge in [-0.15, -0.1) is 0 Å². The zero-order chi connectivity index (χ0) is 26.2. The van der Waals surface area contributed by atoms with Crippen LogP contribution in [0.1, 0.15) is 81.3 Å². The van der Waals surface area contributed by atoms with Gasteiger partial charge in [0, 0.05) is 31.7 Å². The number of amides is 1. The van der Waals surface area contributed by atoms with Gasteiger partial charge < -0.3 is 15.1 Å². The third-order valence-corrected chi connectivity index (χ3v) is 7.77. The van der Waals surface area contributed by atoms with E-state index in [0.29, 0.717) is 24.0 Å². The molecule has 1 aromatic rings. The first-order chi connectivity index (χ1) is 16.5. The fourth-order valence-electron chi connectivity index (χ4n) is 4.30. The number of phenolic OH excluding ortho intramolecular Hbond substituents is 2. The van der Waals surface area contributed by atoms with Gasteiger partial charge in [-0.2, -0.15) is 4.31 Å². The van der Waals surface area contributed by atoms with E-state index in [4.69, 9.17) is 0 Å². The number of carbonyl (C=O) groups excluding carboxylic acids is 1. The van der Waals surface area contributed by atoms with Gasteiger partial charge in [0.05, 0.1) is 11.8 Å². The molecule has 0 unspecified atom stereocenters. The van der Waals surface area contributed by atoms with E-state index < -0.39 is 10.0 Å². The van der Waals surface area contributed by atoms with Gasteiger partial charge in [0.25, 0.3) is 5.91 Å². The summed E-state index contributed by atoms with van der Waals surface area (Å²) in [5.41, 5.74) is 3.64. The first kappa shape index (κ1) is 28.9. The smallest absolute Gasteiger partial charge is 0.257 e. The van der Waals surface area contributed by atoms with Gasteiger partial charge in [-0.3, -0.25) is 4.79 Å². The third kappa shape index (κ3) is 8.39. The fourth-order valence-corrected chi connectivity index (χ4v) is 5.13. The number of unbranched alkanes of at least 4 members (excludes halogenated alkanes) is 2. The van der Waals surface area contributed by atoms with Gasteiger partial charge in [0.15, 0.2) is 0 Å². The van der Waals surface area contributed by atoms with E-state index >= 15 is 0 Å². The number of rotatable bonds is 11. The summed E-state index contributed by atoms with van der Waals surface area (Å²) in [6.07, 6.45) is 10.9. The van der Waals surface area contributed by atoms with Gasteiger partial charge in [-0.05, 0) is 64.5 Å². The van der Waals surface area contributed by atoms with Gasteiger partial charge in [0.1, 0.15) is 11.5 Å². The molecule has 0 aromatic heterocycles. The zero-order valence-corrected chi connectivity index (χ0v) is 22.7. The minimum Gasteiger partial charge on any atom is -0.508 e. The number of piperazine rings is 1. The second kappa shape index (κ2) is 13.1. The quantitative estimate of drug-likeness (QED) is 0.332. The second-order valence-electron chi connectivity index (χ2n) is 9.74. The van der Waals surface area contributed by atoms with Crippen molar-refractivity contribution in [2.75, 3.05) is 32.4 Å². The molecule has 0 aliphatic carbocycles. The molecule has 0 radical (unpaired) electrons. The Kier molecular flexibility index (Phi) is 10.8. The molecule has 0 bridgehead atoms. The lowest BCUT2D eigenvalue weighted by Gasteiger charge is -2.34. The highest BCUT2D eigenvalue weighted by molar-refractivity contribution is 7.88. The van der Waals surface area contributed by atoms with Crippen molar-refractivity contribution in [3.8, 4) is 11.5 Å². The summed E-state index contributed by atoms with van der Waals surface area (Å²) in [5, 5.41) is 21.9. The highest BCUT2D eigenvalue weighted by Gasteiger charge is 2.30. The van der Waals surface area contributed by atoms with E-state index in [0.717, 1.165) is 37.7 Å². The van der Waals surface area contributed by atoms with Crippen molar-refractivity contribution in [1.82, 2.24) is 9.21 Å². The summed E-state index contributed by atoms with van der Waals surface area (Å²) >= 11 is 0. The maximum Gasteiger partial charge on any atom is 0.257 e. The topological polar surface area (TPSA) is 98.2 Å². The lowest BCUT2D eigenvalue weighted by molar-refractivity contribution is 0.0693. The maximum atomic E-state index is 13.5. The molecule has 1 saturated heterocycles. The number of hydrogen-bond donors (Lipinski definition) is 2. The summed E-state index contributed by atoms with van der Waals surface area (Å²) in [4.78, 5) is 15.1. The predicted molar refractivity (Wildman–Crippen MR) is 141 cm³/mol. The van der Waals surface area contributed by atoms with E-state index in [1.165, 1.54) is 16.1 Å². The molecule has 2 N–H and O–H groups in total. The molecule has 1 aliphatic heterocycles. The molecule has 7 nitrogen and oxygen atoms in total. The molecule has 1 fully saturated rings. The molecule has 196 valence electrons. The number of nitrogens with zero attached hydrogens (tertiary/aromatic N) is 2. The number of phenols is 2. The van der Waals surface area contributed by atoms with E-state index in [1.54, 1.807) is 11.0 Å². The summed E-state index contributed by atoms with van der Waals surface area (Å²) in [6, 6.07) is 1.62. The summed E-state index contributed by atoms with van der Waals surface area (Å²) in [7, 11) is -3.31. The van der Waals surface area contributed by atoms with Crippen molar-refractivity contribution in [3.05, 3.63) is 46.1 Å². The molecule has 1 amide bonds. The Morgan fingerprint density at radius 2 is 1.71 bits per heavy atom. The van der Waals surface area contributed by atoms with Crippen LogP contribution in [0.2, 0.25) is 0 Å². The average Bonchev–Trinajstić information content (AvgIpc) is 2.78. The summed E-state index contributed by atoms with van der Waals surface area (Å²) in [6.45, 7) is 9.24. The van der Waals surface area contributed by atoms with E-state index in [-0.39, 0.29) is 49.1 Å². The fraction of sp³-hybridized carbons (Fsp3) is 0.593. The Morgan fingerprint density at radius 3 is 2.29 bits per heavy atom. The summed E-state index contributed by atoms with van der Waals surface area (Å²) < 4.78 is 25.0. The Morgan fingerprint density at radius 1 is 1.06 bits per heavy atom. The van der Waals surface area contributed by atoms with Gasteiger partial charge in [-0.25, -0.2) is 8.42 Å². The van der Waals surface area contributed by atoms with E-state index in [9.17, 15) is 23.4 Å². The minimum absolute atomic E-state index is 0.000734. The Bertz CT molecular complexity index is 1050. The Balaban J connectivity index is 2.33. The summed E-state index contributed by atoms with van der Waals surface area (Å²) in [5.74, 6) is -0.478. The molecule has 35 heavy (non-hydrogen) atoms. The second-order valence-corrected chi connectivity index (χ2v) is 11.7. The van der Waals surface area contributed by atoms with Gasteiger partial charge in [-0.1, -0.05) is 43.1 Å². The number of hydrogen-bond acceptors (Lipinski definition) is 5. The Hall–Kier alpha value is -2.32. The van der Waals surface area contributed by atoms with Gasteiger partial charge in [0.2, 0.25) is 10.0 Å². The van der Waals surface area contributed by atoms with Crippen LogP contribution in [0, 0.1) is 0 Å². The molecule has 2 rings (SSSR count). The van der Waals surface area contributed by atoms with Gasteiger partial charge >= 0.3 is 0 Å². The van der Waals surface area contributed by atoms with Crippen LogP contribution in [-0.4, -0.2) is 66.2 Å². The Labute approximate surface area is 211 Å². The van der Waals surface area contributed by atoms with Crippen molar-refractivity contribution in [2.45, 2.75) is 72.6 Å². The lowest BCUT2D eigenvalue weighted by Crippen LogP contribution is -2.50. The van der Waals surface area contributed by atoms with Crippen LogP contribution in [0.3, 0.4) is 0 Å². The monoisotopic (exact) mass is 506 g/mol. The molecular weight excluding hydrogens is 464 g/mol. The number of benzene rings is 1. The molecule has 8 heteroatoms. The first-order valence-corrected chi connectivity index (χ1v) is 14.4. The van der Waals surface area contributed by atoms with Crippen LogP contribution < -0.4 is 0 Å². The van der Waals surface area contributed by atoms with Crippen LogP contribution in [0.25, 0.3) is 0 Å². The number of aryl methyl sites for hydroxylation is 1. The van der Waals surface area contributed by atoms with Crippen molar-refractivity contribution in [3.63, 3.8) is 0 Å². The van der Waals surface area contributed by atoms with Crippen LogP contribution in [0.5, 0.6) is 11.5 Å². The molecule has 0 atom stereocenters. The van der Waals surface area contributed by atoms with Crippen molar-refractivity contribution in [2.24, 2.45) is 0 Å². The first-order valence-electron chi connectivity index (χ1n) is 12.6. The molecule has 1 aliphatic rings.